The number of aromatic hydroxyl groups is 2. The average Bonchev–Trinajstić information content (AvgIpc) is 2.46. The van der Waals surface area contributed by atoms with Crippen molar-refractivity contribution in [2.24, 2.45) is 0 Å². The van der Waals surface area contributed by atoms with Crippen LogP contribution in [-0.4, -0.2) is 23.2 Å². The van der Waals surface area contributed by atoms with Crippen LogP contribution in [0.4, 0.5) is 0 Å². The molecule has 0 unspecified atom stereocenters. The highest BCUT2D eigenvalue weighted by atomic mass is 16.3. The van der Waals surface area contributed by atoms with Gasteiger partial charge >= 0.3 is 0 Å². The van der Waals surface area contributed by atoms with E-state index in [9.17, 15) is 15.0 Å². The molecular weight excluding hydrogens is 290 g/mol. The van der Waals surface area contributed by atoms with Crippen molar-refractivity contribution in [3.05, 3.63) is 53.1 Å². The van der Waals surface area contributed by atoms with Gasteiger partial charge in [0.15, 0.2) is 0 Å². The van der Waals surface area contributed by atoms with Crippen LogP contribution in [0.2, 0.25) is 0 Å². The minimum atomic E-state index is -0.397. The van der Waals surface area contributed by atoms with Gasteiger partial charge in [-0.1, -0.05) is 35.9 Å². The van der Waals surface area contributed by atoms with Crippen molar-refractivity contribution in [3.8, 4) is 22.6 Å². The number of hydrogen-bond acceptors (Lipinski definition) is 3. The van der Waals surface area contributed by atoms with Crippen LogP contribution in [0.15, 0.2) is 30.8 Å². The van der Waals surface area contributed by atoms with E-state index in [4.69, 9.17) is 0 Å². The van der Waals surface area contributed by atoms with E-state index in [1.807, 2.05) is 32.0 Å². The summed E-state index contributed by atoms with van der Waals surface area (Å²) in [7, 11) is 1.50. The second kappa shape index (κ2) is 6.16. The topological polar surface area (TPSA) is 69.6 Å². The van der Waals surface area contributed by atoms with E-state index < -0.39 is 5.91 Å². The summed E-state index contributed by atoms with van der Waals surface area (Å²) in [6.07, 6.45) is 0. The molecule has 0 aromatic heterocycles. The third-order valence-electron chi connectivity index (χ3n) is 3.84. The van der Waals surface area contributed by atoms with Gasteiger partial charge in [-0.2, -0.15) is 0 Å². The van der Waals surface area contributed by atoms with Crippen LogP contribution in [0, 0.1) is 13.8 Å². The number of amides is 1. The number of allylic oxidation sites excluding steroid dienone is 1. The Labute approximate surface area is 136 Å². The Bertz CT molecular complexity index is 807. The zero-order valence-electron chi connectivity index (χ0n) is 13.8. The van der Waals surface area contributed by atoms with E-state index in [0.29, 0.717) is 11.1 Å². The van der Waals surface area contributed by atoms with Crippen molar-refractivity contribution in [2.75, 3.05) is 7.05 Å². The van der Waals surface area contributed by atoms with E-state index in [2.05, 4.69) is 11.9 Å². The summed E-state index contributed by atoms with van der Waals surface area (Å²) in [6.45, 7) is 9.40. The molecule has 4 heteroatoms. The number of phenols is 2. The maximum atomic E-state index is 12.1. The lowest BCUT2D eigenvalue weighted by Crippen LogP contribution is -2.19. The van der Waals surface area contributed by atoms with Crippen LogP contribution in [-0.2, 0) is 0 Å². The summed E-state index contributed by atoms with van der Waals surface area (Å²) in [6, 6.07) is 7.19. The van der Waals surface area contributed by atoms with E-state index in [0.717, 1.165) is 16.7 Å². The van der Waals surface area contributed by atoms with E-state index in [1.165, 1.54) is 13.1 Å². The summed E-state index contributed by atoms with van der Waals surface area (Å²) >= 11 is 0. The number of carbonyl (C=O) groups is 1. The molecule has 0 fully saturated rings. The fourth-order valence-electron chi connectivity index (χ4n) is 2.70. The summed E-state index contributed by atoms with van der Waals surface area (Å²) in [5.74, 6) is -0.693. The predicted molar refractivity (Wildman–Crippen MR) is 92.8 cm³/mol. The first-order valence-corrected chi connectivity index (χ1v) is 7.32. The fraction of sp³-hybridized carbons (Fsp3) is 0.211. The molecule has 23 heavy (non-hydrogen) atoms. The molecule has 0 aliphatic carbocycles. The Morgan fingerprint density at radius 3 is 2.39 bits per heavy atom. The van der Waals surface area contributed by atoms with E-state index in [1.54, 1.807) is 6.92 Å². The Morgan fingerprint density at radius 2 is 1.83 bits per heavy atom. The molecule has 0 saturated carbocycles. The summed E-state index contributed by atoms with van der Waals surface area (Å²) < 4.78 is 0. The molecule has 2 aromatic carbocycles. The van der Waals surface area contributed by atoms with Gasteiger partial charge in [-0.3, -0.25) is 4.79 Å². The van der Waals surface area contributed by atoms with Crippen LogP contribution in [0.25, 0.3) is 16.7 Å². The zero-order chi connectivity index (χ0) is 17.3. The Morgan fingerprint density at radius 1 is 1.17 bits per heavy atom. The number of carbonyl (C=O) groups excluding carboxylic acids is 1. The van der Waals surface area contributed by atoms with Gasteiger partial charge in [0, 0.05) is 7.05 Å². The fourth-order valence-corrected chi connectivity index (χ4v) is 2.70. The molecular formula is C19H21NO3. The third kappa shape index (κ3) is 2.93. The van der Waals surface area contributed by atoms with Gasteiger partial charge < -0.3 is 15.5 Å². The van der Waals surface area contributed by atoms with Crippen molar-refractivity contribution in [3.63, 3.8) is 0 Å². The lowest BCUT2D eigenvalue weighted by molar-refractivity contribution is 0.0960. The number of aryl methyl sites for hydroxylation is 2. The summed E-state index contributed by atoms with van der Waals surface area (Å²) in [4.78, 5) is 12.1. The summed E-state index contributed by atoms with van der Waals surface area (Å²) in [5, 5.41) is 23.5. The molecule has 2 aromatic rings. The highest BCUT2D eigenvalue weighted by molar-refractivity contribution is 6.02. The van der Waals surface area contributed by atoms with Crippen LogP contribution in [0.3, 0.4) is 0 Å². The molecule has 3 N–H and O–H groups in total. The molecule has 0 heterocycles. The zero-order valence-corrected chi connectivity index (χ0v) is 13.8. The van der Waals surface area contributed by atoms with Crippen molar-refractivity contribution in [1.29, 1.82) is 0 Å². The van der Waals surface area contributed by atoms with Gasteiger partial charge in [0.1, 0.15) is 11.5 Å². The van der Waals surface area contributed by atoms with Gasteiger partial charge in [-0.25, -0.2) is 0 Å². The number of phenolic OH excluding ortho intramolecular Hbond substituents is 2. The third-order valence-corrected chi connectivity index (χ3v) is 3.84. The molecule has 0 bridgehead atoms. The van der Waals surface area contributed by atoms with Crippen LogP contribution in [0.1, 0.15) is 34.0 Å². The smallest absolute Gasteiger partial charge is 0.255 e. The van der Waals surface area contributed by atoms with Crippen molar-refractivity contribution in [2.45, 2.75) is 20.8 Å². The maximum absolute atomic E-state index is 12.1. The van der Waals surface area contributed by atoms with Crippen molar-refractivity contribution < 1.29 is 15.0 Å². The largest absolute Gasteiger partial charge is 0.507 e. The highest BCUT2D eigenvalue weighted by Crippen LogP contribution is 2.44. The van der Waals surface area contributed by atoms with E-state index >= 15 is 0 Å². The minimum Gasteiger partial charge on any atom is -0.507 e. The average molecular weight is 311 g/mol. The van der Waals surface area contributed by atoms with Crippen LogP contribution in [0.5, 0.6) is 11.5 Å². The maximum Gasteiger partial charge on any atom is 0.255 e. The molecule has 4 nitrogen and oxygen atoms in total. The molecule has 2 rings (SSSR count). The number of nitrogens with one attached hydrogen (secondary N) is 1. The first kappa shape index (κ1) is 16.6. The van der Waals surface area contributed by atoms with Gasteiger partial charge in [-0.05, 0) is 43.5 Å². The molecule has 0 radical (unpaired) electrons. The number of hydrogen-bond donors (Lipinski definition) is 3. The second-order valence-corrected chi connectivity index (χ2v) is 5.72. The highest BCUT2D eigenvalue weighted by Gasteiger charge is 2.23. The molecule has 1 amide bonds. The van der Waals surface area contributed by atoms with Gasteiger partial charge in [0.05, 0.1) is 11.1 Å². The van der Waals surface area contributed by atoms with Crippen molar-refractivity contribution >= 4 is 11.5 Å². The molecule has 120 valence electrons. The first-order chi connectivity index (χ1) is 10.8. The Balaban J connectivity index is 2.87. The number of benzene rings is 2. The molecule has 0 atom stereocenters. The molecule has 0 saturated heterocycles. The van der Waals surface area contributed by atoms with Crippen molar-refractivity contribution in [1.82, 2.24) is 5.32 Å². The van der Waals surface area contributed by atoms with Crippen LogP contribution < -0.4 is 5.32 Å². The molecule has 0 aliphatic heterocycles. The first-order valence-electron chi connectivity index (χ1n) is 7.32. The Kier molecular flexibility index (Phi) is 4.45. The lowest BCUT2D eigenvalue weighted by atomic mass is 9.90. The normalized spacial score (nSPS) is 10.4. The summed E-state index contributed by atoms with van der Waals surface area (Å²) in [5.41, 5.74) is 4.16. The molecule has 0 aliphatic rings. The molecule has 0 spiro atoms. The van der Waals surface area contributed by atoms with Gasteiger partial charge in [-0.15, -0.1) is 0 Å². The van der Waals surface area contributed by atoms with E-state index in [-0.39, 0.29) is 22.6 Å². The minimum absolute atomic E-state index is 0.0687. The quantitative estimate of drug-likeness (QED) is 0.808. The Hall–Kier alpha value is -2.75. The number of rotatable bonds is 3. The SMILES string of the molecule is C=C(C)c1ccc(C)cc1-c1c(O)cc(C)c(C(=O)NC)c1O. The lowest BCUT2D eigenvalue weighted by Gasteiger charge is -2.17. The van der Waals surface area contributed by atoms with Crippen LogP contribution >= 0.6 is 0 Å². The predicted octanol–water partition coefficient (Wildman–Crippen LogP) is 3.77. The van der Waals surface area contributed by atoms with Gasteiger partial charge in [0.25, 0.3) is 5.91 Å². The second-order valence-electron chi connectivity index (χ2n) is 5.72. The van der Waals surface area contributed by atoms with Gasteiger partial charge in [0.2, 0.25) is 0 Å². The monoisotopic (exact) mass is 311 g/mol. The standard InChI is InChI=1S/C19H21NO3/c1-10(2)13-7-6-11(3)8-14(13)17-15(21)9-12(4)16(18(17)22)19(23)20-5/h6-9,21-22H,1H2,2-5H3,(H,20,23).